The van der Waals surface area contributed by atoms with Gasteiger partial charge in [0, 0.05) is 23.6 Å². The number of H-pyrrole nitrogens is 1. The molecular weight excluding hydrogens is 252 g/mol. The molecule has 0 bridgehead atoms. The van der Waals surface area contributed by atoms with Gasteiger partial charge < -0.3 is 9.72 Å². The molecule has 0 saturated carbocycles. The highest BCUT2D eigenvalue weighted by Crippen LogP contribution is 2.17. The quantitative estimate of drug-likeness (QED) is 0.514. The third-order valence-corrected chi connectivity index (χ3v) is 2.52. The highest BCUT2D eigenvalue weighted by Gasteiger charge is 2.13. The van der Waals surface area contributed by atoms with Gasteiger partial charge in [0.15, 0.2) is 5.43 Å². The van der Waals surface area contributed by atoms with Crippen molar-refractivity contribution in [2.24, 2.45) is 0 Å². The molecule has 0 spiro atoms. The summed E-state index contributed by atoms with van der Waals surface area (Å²) in [6, 6.07) is 4.91. The van der Waals surface area contributed by atoms with Gasteiger partial charge in [-0.1, -0.05) is 0 Å². The van der Waals surface area contributed by atoms with Crippen LogP contribution in [0.1, 0.15) is 17.4 Å². The summed E-state index contributed by atoms with van der Waals surface area (Å²) < 4.78 is 4.77. The third kappa shape index (κ3) is 2.44. The Balaban J connectivity index is 2.62. The summed E-state index contributed by atoms with van der Waals surface area (Å²) in [6.45, 7) is 1.82. The van der Waals surface area contributed by atoms with E-state index in [1.807, 2.05) is 0 Å². The summed E-state index contributed by atoms with van der Waals surface area (Å²) >= 11 is 0. The zero-order valence-corrected chi connectivity index (χ0v) is 10.0. The number of aromatic nitrogens is 1. The van der Waals surface area contributed by atoms with Gasteiger partial charge >= 0.3 is 5.97 Å². The Morgan fingerprint density at radius 3 is 2.79 bits per heavy atom. The lowest BCUT2D eigenvalue weighted by atomic mass is 10.2. The number of nitro benzene ring substituents is 1. The van der Waals surface area contributed by atoms with E-state index in [0.717, 1.165) is 6.07 Å². The molecule has 0 saturated heterocycles. The maximum absolute atomic E-state index is 11.8. The largest absolute Gasteiger partial charge is 0.461 e. The number of pyridine rings is 1. The maximum Gasteiger partial charge on any atom is 0.354 e. The lowest BCUT2D eigenvalue weighted by Gasteiger charge is -2.03. The fourth-order valence-electron chi connectivity index (χ4n) is 1.67. The molecule has 0 amide bonds. The first-order chi connectivity index (χ1) is 9.02. The Morgan fingerprint density at radius 2 is 2.16 bits per heavy atom. The molecule has 1 N–H and O–H groups in total. The van der Waals surface area contributed by atoms with Crippen LogP contribution in [-0.2, 0) is 4.74 Å². The maximum atomic E-state index is 11.8. The molecule has 1 aromatic heterocycles. The molecule has 0 fully saturated rings. The van der Waals surface area contributed by atoms with Crippen molar-refractivity contribution < 1.29 is 14.5 Å². The summed E-state index contributed by atoms with van der Waals surface area (Å²) in [5, 5.41) is 10.9. The van der Waals surface area contributed by atoms with Gasteiger partial charge in [0.25, 0.3) is 5.69 Å². The molecule has 0 atom stereocenters. The van der Waals surface area contributed by atoms with Crippen LogP contribution >= 0.6 is 0 Å². The molecule has 0 radical (unpaired) electrons. The number of hydrogen-bond donors (Lipinski definition) is 1. The van der Waals surface area contributed by atoms with Crippen LogP contribution in [0, 0.1) is 10.1 Å². The van der Waals surface area contributed by atoms with Crippen LogP contribution in [0.15, 0.2) is 29.1 Å². The van der Waals surface area contributed by atoms with E-state index in [2.05, 4.69) is 4.98 Å². The average Bonchev–Trinajstić information content (AvgIpc) is 2.38. The average molecular weight is 262 g/mol. The number of nitrogens with zero attached hydrogens (tertiary/aromatic N) is 1. The summed E-state index contributed by atoms with van der Waals surface area (Å²) in [5.74, 6) is -0.673. The topological polar surface area (TPSA) is 102 Å². The van der Waals surface area contributed by atoms with Gasteiger partial charge in [0.05, 0.1) is 17.0 Å². The minimum Gasteiger partial charge on any atom is -0.461 e. The van der Waals surface area contributed by atoms with Crippen molar-refractivity contribution >= 4 is 22.6 Å². The summed E-state index contributed by atoms with van der Waals surface area (Å²) in [4.78, 5) is 36.1. The van der Waals surface area contributed by atoms with E-state index in [0.29, 0.717) is 0 Å². The molecule has 7 nitrogen and oxygen atoms in total. The second kappa shape index (κ2) is 4.89. The van der Waals surface area contributed by atoms with E-state index in [4.69, 9.17) is 4.74 Å². The number of carbonyl (C=O) groups is 1. The van der Waals surface area contributed by atoms with Gasteiger partial charge in [-0.15, -0.1) is 0 Å². The van der Waals surface area contributed by atoms with Gasteiger partial charge in [-0.3, -0.25) is 14.9 Å². The van der Waals surface area contributed by atoms with Crippen molar-refractivity contribution in [3.8, 4) is 0 Å². The summed E-state index contributed by atoms with van der Waals surface area (Å²) in [7, 11) is 0. The van der Waals surface area contributed by atoms with Crippen molar-refractivity contribution in [1.82, 2.24) is 4.98 Å². The molecule has 19 heavy (non-hydrogen) atoms. The summed E-state index contributed by atoms with van der Waals surface area (Å²) in [5.41, 5.74) is -0.361. The fraction of sp³-hybridized carbons (Fsp3) is 0.167. The van der Waals surface area contributed by atoms with E-state index >= 15 is 0 Å². The Morgan fingerprint density at radius 1 is 1.42 bits per heavy atom. The Kier molecular flexibility index (Phi) is 3.28. The molecular formula is C12H10N2O5. The van der Waals surface area contributed by atoms with Crippen molar-refractivity contribution in [3.05, 3.63) is 50.3 Å². The van der Waals surface area contributed by atoms with Crippen LogP contribution in [0.25, 0.3) is 10.9 Å². The molecule has 0 aliphatic carbocycles. The van der Waals surface area contributed by atoms with Crippen molar-refractivity contribution in [2.75, 3.05) is 6.61 Å². The molecule has 1 aromatic carbocycles. The standard InChI is InChI=1S/C12H10N2O5/c1-2-19-12(16)10-6-11(15)8-4-3-7(14(17)18)5-9(8)13-10/h3-6H,2H2,1H3,(H,13,15). The lowest BCUT2D eigenvalue weighted by Crippen LogP contribution is -2.12. The molecule has 1 heterocycles. The number of carbonyl (C=O) groups excluding carboxylic acids is 1. The minimum atomic E-state index is -0.673. The highest BCUT2D eigenvalue weighted by atomic mass is 16.6. The molecule has 0 aliphatic heterocycles. The Bertz CT molecular complexity index is 720. The van der Waals surface area contributed by atoms with E-state index in [9.17, 15) is 19.7 Å². The smallest absolute Gasteiger partial charge is 0.354 e. The number of non-ortho nitro benzene ring substituents is 1. The zero-order valence-electron chi connectivity index (χ0n) is 10.0. The predicted molar refractivity (Wildman–Crippen MR) is 67.2 cm³/mol. The minimum absolute atomic E-state index is 0.0279. The third-order valence-electron chi connectivity index (χ3n) is 2.52. The van der Waals surface area contributed by atoms with Crippen LogP contribution in [0.3, 0.4) is 0 Å². The van der Waals surface area contributed by atoms with Crippen molar-refractivity contribution in [3.63, 3.8) is 0 Å². The number of esters is 1. The Hall–Kier alpha value is -2.70. The lowest BCUT2D eigenvalue weighted by molar-refractivity contribution is -0.384. The van der Waals surface area contributed by atoms with Crippen molar-refractivity contribution in [1.29, 1.82) is 0 Å². The van der Waals surface area contributed by atoms with Gasteiger partial charge in [-0.25, -0.2) is 4.79 Å². The Labute approximate surface area is 107 Å². The van der Waals surface area contributed by atoms with E-state index in [1.54, 1.807) is 6.92 Å². The molecule has 0 aliphatic rings. The number of benzene rings is 1. The number of hydrogen-bond acceptors (Lipinski definition) is 5. The molecule has 0 unspecified atom stereocenters. The predicted octanol–water partition coefficient (Wildman–Crippen LogP) is 1.61. The van der Waals surface area contributed by atoms with Gasteiger partial charge in [-0.05, 0) is 13.0 Å². The van der Waals surface area contributed by atoms with Gasteiger partial charge in [0.1, 0.15) is 5.69 Å². The first kappa shape index (κ1) is 12.7. The zero-order chi connectivity index (χ0) is 14.0. The second-order valence-corrected chi connectivity index (χ2v) is 3.75. The van der Waals surface area contributed by atoms with Crippen LogP contribution in [-0.4, -0.2) is 22.5 Å². The number of rotatable bonds is 3. The van der Waals surface area contributed by atoms with Crippen LogP contribution < -0.4 is 5.43 Å². The number of nitrogens with one attached hydrogen (secondary N) is 1. The first-order valence-electron chi connectivity index (χ1n) is 5.51. The van der Waals surface area contributed by atoms with Gasteiger partial charge in [0.2, 0.25) is 0 Å². The monoisotopic (exact) mass is 262 g/mol. The van der Waals surface area contributed by atoms with Crippen molar-refractivity contribution in [2.45, 2.75) is 6.92 Å². The van der Waals surface area contributed by atoms with E-state index in [-0.39, 0.29) is 28.9 Å². The SMILES string of the molecule is CCOC(=O)c1cc(=O)c2ccc([N+](=O)[O-])cc2[nH]1. The van der Waals surface area contributed by atoms with Crippen LogP contribution in [0.5, 0.6) is 0 Å². The van der Waals surface area contributed by atoms with Gasteiger partial charge in [-0.2, -0.15) is 0 Å². The first-order valence-corrected chi connectivity index (χ1v) is 5.51. The van der Waals surface area contributed by atoms with E-state index in [1.165, 1.54) is 18.2 Å². The van der Waals surface area contributed by atoms with Crippen LogP contribution in [0.4, 0.5) is 5.69 Å². The number of aromatic amines is 1. The van der Waals surface area contributed by atoms with Crippen LogP contribution in [0.2, 0.25) is 0 Å². The normalized spacial score (nSPS) is 10.4. The summed E-state index contributed by atoms with van der Waals surface area (Å²) in [6.07, 6.45) is 0. The van der Waals surface area contributed by atoms with E-state index < -0.39 is 16.3 Å². The molecule has 7 heteroatoms. The number of nitro groups is 1. The number of fused-ring (bicyclic) bond motifs is 1. The number of ether oxygens (including phenoxy) is 1. The molecule has 98 valence electrons. The highest BCUT2D eigenvalue weighted by molar-refractivity contribution is 5.91. The fourth-order valence-corrected chi connectivity index (χ4v) is 1.67. The second-order valence-electron chi connectivity index (χ2n) is 3.75. The molecule has 2 aromatic rings. The molecule has 2 rings (SSSR count).